The van der Waals surface area contributed by atoms with Gasteiger partial charge in [0, 0.05) is 4.47 Å². The molecular weight excluding hydrogens is 380 g/mol. The van der Waals surface area contributed by atoms with Crippen molar-refractivity contribution in [1.29, 1.82) is 0 Å². The molecule has 128 valence electrons. The van der Waals surface area contributed by atoms with E-state index < -0.39 is 8.07 Å². The van der Waals surface area contributed by atoms with Crippen molar-refractivity contribution in [3.8, 4) is 11.5 Å². The molecule has 2 aromatic rings. The second-order valence-corrected chi connectivity index (χ2v) is 13.8. The van der Waals surface area contributed by atoms with Crippen LogP contribution in [0.25, 0.3) is 11.0 Å². The zero-order valence-electron chi connectivity index (χ0n) is 15.2. The molecule has 4 heteroatoms. The number of hydrogen-bond donors (Lipinski definition) is 0. The maximum atomic E-state index is 12.7. The predicted molar refractivity (Wildman–Crippen MR) is 108 cm³/mol. The minimum absolute atomic E-state index is 0.0516. The van der Waals surface area contributed by atoms with Gasteiger partial charge in [0.25, 0.3) is 0 Å². The molecule has 0 radical (unpaired) electrons. The van der Waals surface area contributed by atoms with E-state index in [4.69, 9.17) is 4.42 Å². The third kappa shape index (κ3) is 3.38. The zero-order chi connectivity index (χ0) is 18.1. The van der Waals surface area contributed by atoms with Crippen LogP contribution >= 0.6 is 15.9 Å². The van der Waals surface area contributed by atoms with E-state index in [1.807, 2.05) is 6.07 Å². The molecule has 24 heavy (non-hydrogen) atoms. The van der Waals surface area contributed by atoms with Gasteiger partial charge in [-0.15, -0.1) is 5.54 Å². The van der Waals surface area contributed by atoms with Gasteiger partial charge < -0.3 is 4.42 Å². The number of halogens is 1. The Morgan fingerprint density at radius 3 is 2.17 bits per heavy atom. The van der Waals surface area contributed by atoms with Crippen molar-refractivity contribution in [3.63, 3.8) is 0 Å². The average Bonchev–Trinajstić information content (AvgIpc) is 2.49. The summed E-state index contributed by atoms with van der Waals surface area (Å²) in [6.07, 6.45) is 1.51. The highest BCUT2D eigenvalue weighted by Gasteiger charge is 2.41. The highest BCUT2D eigenvalue weighted by molar-refractivity contribution is 9.10. The number of hydrogen-bond acceptors (Lipinski definition) is 2. The molecule has 2 rings (SSSR count). The van der Waals surface area contributed by atoms with Gasteiger partial charge in [0.2, 0.25) is 5.43 Å². The molecule has 0 saturated heterocycles. The molecule has 1 heterocycles. The number of fused-ring (bicyclic) bond motifs is 1. The monoisotopic (exact) mass is 404 g/mol. The summed E-state index contributed by atoms with van der Waals surface area (Å²) in [5, 5.41) is 0.571. The largest absolute Gasteiger partial charge is 0.463 e. The minimum Gasteiger partial charge on any atom is -0.463 e. The van der Waals surface area contributed by atoms with Gasteiger partial charge in [-0.25, -0.2) is 0 Å². The van der Waals surface area contributed by atoms with Gasteiger partial charge in [0.05, 0.1) is 5.39 Å². The number of rotatable bonds is 3. The van der Waals surface area contributed by atoms with Crippen molar-refractivity contribution >= 4 is 35.0 Å². The fourth-order valence-electron chi connectivity index (χ4n) is 3.80. The van der Waals surface area contributed by atoms with Crippen LogP contribution in [-0.4, -0.2) is 8.07 Å². The minimum atomic E-state index is -1.86. The lowest BCUT2D eigenvalue weighted by atomic mass is 10.2. The van der Waals surface area contributed by atoms with Gasteiger partial charge >= 0.3 is 0 Å². The Kier molecular flexibility index (Phi) is 5.77. The summed E-state index contributed by atoms with van der Waals surface area (Å²) in [6.45, 7) is 13.6. The highest BCUT2D eigenvalue weighted by atomic mass is 79.9. The van der Waals surface area contributed by atoms with Crippen LogP contribution in [0.5, 0.6) is 0 Å². The molecule has 0 atom stereocenters. The second kappa shape index (κ2) is 7.29. The summed E-state index contributed by atoms with van der Waals surface area (Å²) in [5.41, 5.74) is 6.18. The standard InChI is InChI=1S/C20H25BrO2Si/c1-13(2)24(14(3)4,15(5)6)10-9-16-12-23-19-8-7-17(21)11-18(19)20(16)22/h7-8,11-15H,1-6H3. The molecule has 0 amide bonds. The maximum absolute atomic E-state index is 12.7. The molecule has 2 nitrogen and oxygen atoms in total. The van der Waals surface area contributed by atoms with Crippen LogP contribution in [0.1, 0.15) is 47.1 Å². The molecule has 0 N–H and O–H groups in total. The van der Waals surface area contributed by atoms with Gasteiger partial charge in [-0.1, -0.05) is 63.4 Å². The van der Waals surface area contributed by atoms with Crippen molar-refractivity contribution in [2.75, 3.05) is 0 Å². The topological polar surface area (TPSA) is 30.2 Å². The van der Waals surface area contributed by atoms with E-state index in [1.165, 1.54) is 6.26 Å². The first-order valence-corrected chi connectivity index (χ1v) is 11.5. The van der Waals surface area contributed by atoms with Gasteiger partial charge in [-0.3, -0.25) is 4.79 Å². The fraction of sp³-hybridized carbons (Fsp3) is 0.450. The molecule has 1 aromatic heterocycles. The molecule has 0 unspecified atom stereocenters. The van der Waals surface area contributed by atoms with E-state index in [0.717, 1.165) is 4.47 Å². The smallest absolute Gasteiger partial charge is 0.208 e. The molecule has 0 aliphatic carbocycles. The van der Waals surface area contributed by atoms with Crippen LogP contribution in [0.15, 0.2) is 38.1 Å². The quantitative estimate of drug-likeness (QED) is 0.455. The van der Waals surface area contributed by atoms with Crippen molar-refractivity contribution in [2.24, 2.45) is 0 Å². The Bertz CT molecular complexity index is 832. The van der Waals surface area contributed by atoms with Crippen LogP contribution in [0.3, 0.4) is 0 Å². The van der Waals surface area contributed by atoms with E-state index in [9.17, 15) is 4.79 Å². The summed E-state index contributed by atoms with van der Waals surface area (Å²) in [7, 11) is -1.86. The summed E-state index contributed by atoms with van der Waals surface area (Å²) in [5.74, 6) is 3.20. The third-order valence-electron chi connectivity index (χ3n) is 5.01. The van der Waals surface area contributed by atoms with Crippen molar-refractivity contribution in [1.82, 2.24) is 0 Å². The first-order chi connectivity index (χ1) is 11.2. The Morgan fingerprint density at radius 2 is 1.62 bits per heavy atom. The van der Waals surface area contributed by atoms with E-state index in [1.54, 1.807) is 12.1 Å². The molecule has 0 saturated carbocycles. The zero-order valence-corrected chi connectivity index (χ0v) is 17.8. The Balaban J connectivity index is 2.63. The lowest BCUT2D eigenvalue weighted by Crippen LogP contribution is -2.43. The van der Waals surface area contributed by atoms with E-state index in [0.29, 0.717) is 33.2 Å². The predicted octanol–water partition coefficient (Wildman–Crippen LogP) is 6.13. The second-order valence-electron chi connectivity index (χ2n) is 7.27. The first-order valence-electron chi connectivity index (χ1n) is 8.44. The van der Waals surface area contributed by atoms with Crippen LogP contribution in [0.4, 0.5) is 0 Å². The Labute approximate surface area is 153 Å². The van der Waals surface area contributed by atoms with E-state index in [-0.39, 0.29) is 5.43 Å². The summed E-state index contributed by atoms with van der Waals surface area (Å²) in [4.78, 5) is 12.7. The molecular formula is C20H25BrO2Si. The normalized spacial score (nSPS) is 12.1. The molecule has 0 bridgehead atoms. The highest BCUT2D eigenvalue weighted by Crippen LogP contribution is 2.40. The first kappa shape index (κ1) is 19.0. The molecule has 0 aliphatic heterocycles. The molecule has 0 fully saturated rings. The summed E-state index contributed by atoms with van der Waals surface area (Å²) in [6, 6.07) is 5.46. The van der Waals surface area contributed by atoms with Gasteiger partial charge in [0.1, 0.15) is 25.5 Å². The Morgan fingerprint density at radius 1 is 1.04 bits per heavy atom. The Hall–Kier alpha value is -1.31. The third-order valence-corrected chi connectivity index (χ3v) is 11.8. The summed E-state index contributed by atoms with van der Waals surface area (Å²) >= 11 is 3.41. The van der Waals surface area contributed by atoms with Crippen molar-refractivity contribution < 1.29 is 4.42 Å². The van der Waals surface area contributed by atoms with E-state index >= 15 is 0 Å². The van der Waals surface area contributed by atoms with Gasteiger partial charge in [-0.2, -0.15) is 0 Å². The SMILES string of the molecule is CC(C)[Si](C#Cc1coc2ccc(Br)cc2c1=O)(C(C)C)C(C)C. The summed E-state index contributed by atoms with van der Waals surface area (Å²) < 4.78 is 6.48. The van der Waals surface area contributed by atoms with Gasteiger partial charge in [0.15, 0.2) is 0 Å². The van der Waals surface area contributed by atoms with Gasteiger partial charge in [-0.05, 0) is 34.8 Å². The number of benzene rings is 1. The van der Waals surface area contributed by atoms with Crippen molar-refractivity contribution in [3.05, 3.63) is 44.7 Å². The van der Waals surface area contributed by atoms with Crippen LogP contribution in [0, 0.1) is 11.5 Å². The molecule has 1 aromatic carbocycles. The molecule has 0 aliphatic rings. The van der Waals surface area contributed by atoms with Crippen LogP contribution in [-0.2, 0) is 0 Å². The molecule has 0 spiro atoms. The fourth-order valence-corrected chi connectivity index (χ4v) is 9.38. The maximum Gasteiger partial charge on any atom is 0.208 e. The lowest BCUT2D eigenvalue weighted by Gasteiger charge is -2.38. The van der Waals surface area contributed by atoms with E-state index in [2.05, 4.69) is 68.9 Å². The average molecular weight is 405 g/mol. The van der Waals surface area contributed by atoms with Crippen molar-refractivity contribution in [2.45, 2.75) is 58.2 Å². The van der Waals surface area contributed by atoms with Crippen LogP contribution in [0.2, 0.25) is 16.6 Å². The van der Waals surface area contributed by atoms with Crippen LogP contribution < -0.4 is 5.43 Å². The lowest BCUT2D eigenvalue weighted by molar-refractivity contribution is 0.600.